The molecule has 0 radical (unpaired) electrons. The molecule has 4 nitrogen and oxygen atoms in total. The van der Waals surface area contributed by atoms with Crippen molar-refractivity contribution in [2.75, 3.05) is 13.2 Å². The molecule has 1 aromatic carbocycles. The van der Waals surface area contributed by atoms with Crippen molar-refractivity contribution in [1.82, 2.24) is 0 Å². The monoisotopic (exact) mass is 302 g/mol. The molecule has 1 aliphatic rings. The topological polar surface area (TPSA) is 52.6 Å². The van der Waals surface area contributed by atoms with Gasteiger partial charge in [-0.05, 0) is 31.9 Å². The number of hydrogen-bond acceptors (Lipinski definition) is 4. The van der Waals surface area contributed by atoms with Crippen molar-refractivity contribution in [3.8, 4) is 0 Å². The second kappa shape index (κ2) is 7.25. The number of carbonyl (C=O) groups is 2. The van der Waals surface area contributed by atoms with Gasteiger partial charge in [-0.15, -0.1) is 0 Å². The Morgan fingerprint density at radius 2 is 1.95 bits per heavy atom. The first kappa shape index (κ1) is 16.3. The minimum atomic E-state index is -0.787. The van der Waals surface area contributed by atoms with Gasteiger partial charge in [0.25, 0.3) is 0 Å². The molecule has 0 aromatic heterocycles. The number of hydrogen-bond donors (Lipinski definition) is 0. The van der Waals surface area contributed by atoms with Gasteiger partial charge in [0.1, 0.15) is 11.7 Å². The van der Waals surface area contributed by atoms with Crippen molar-refractivity contribution < 1.29 is 19.1 Å². The molecule has 0 spiro atoms. The van der Waals surface area contributed by atoms with E-state index in [1.165, 1.54) is 6.08 Å². The van der Waals surface area contributed by atoms with E-state index in [4.69, 9.17) is 9.47 Å². The molecule has 22 heavy (non-hydrogen) atoms. The molecule has 0 saturated carbocycles. The van der Waals surface area contributed by atoms with Gasteiger partial charge < -0.3 is 9.47 Å². The summed E-state index contributed by atoms with van der Waals surface area (Å²) in [5.74, 6) is -1.07. The van der Waals surface area contributed by atoms with E-state index >= 15 is 0 Å². The van der Waals surface area contributed by atoms with Crippen LogP contribution in [0.2, 0.25) is 0 Å². The van der Waals surface area contributed by atoms with Crippen LogP contribution in [-0.4, -0.2) is 25.0 Å². The van der Waals surface area contributed by atoms with Gasteiger partial charge >= 0.3 is 5.97 Å². The van der Waals surface area contributed by atoms with Crippen LogP contribution in [-0.2, 0) is 19.1 Å². The van der Waals surface area contributed by atoms with E-state index in [0.29, 0.717) is 18.8 Å². The number of aryl methyl sites for hydroxylation is 1. The molecule has 0 saturated heterocycles. The normalized spacial score (nSPS) is 21.2. The summed E-state index contributed by atoms with van der Waals surface area (Å²) in [6.07, 6.45) is 1.98. The van der Waals surface area contributed by atoms with E-state index in [9.17, 15) is 9.59 Å². The highest BCUT2D eigenvalue weighted by Gasteiger charge is 2.40. The average Bonchev–Trinajstić information content (AvgIpc) is 2.47. The fourth-order valence-corrected chi connectivity index (χ4v) is 2.93. The van der Waals surface area contributed by atoms with Crippen LogP contribution in [0.15, 0.2) is 36.1 Å². The van der Waals surface area contributed by atoms with Crippen molar-refractivity contribution in [3.05, 3.63) is 47.2 Å². The third-order valence-corrected chi connectivity index (χ3v) is 3.89. The lowest BCUT2D eigenvalue weighted by molar-refractivity contribution is -0.152. The Balaban J connectivity index is 2.41. The zero-order chi connectivity index (χ0) is 16.1. The number of ketones is 1. The molecule has 0 amide bonds. The number of esters is 1. The Bertz CT molecular complexity index is 589. The zero-order valence-electron chi connectivity index (χ0n) is 13.3. The molecule has 0 aliphatic heterocycles. The zero-order valence-corrected chi connectivity index (χ0v) is 13.3. The number of ether oxygens (including phenoxy) is 2. The molecule has 2 rings (SSSR count). The second-order valence-corrected chi connectivity index (χ2v) is 5.34. The van der Waals surface area contributed by atoms with Crippen molar-refractivity contribution in [1.29, 1.82) is 0 Å². The Hall–Kier alpha value is -2.10. The molecule has 0 bridgehead atoms. The van der Waals surface area contributed by atoms with Crippen LogP contribution in [0.25, 0.3) is 0 Å². The first-order valence-electron chi connectivity index (χ1n) is 7.67. The van der Waals surface area contributed by atoms with Gasteiger partial charge in [-0.25, -0.2) is 0 Å². The summed E-state index contributed by atoms with van der Waals surface area (Å²) >= 11 is 0. The number of rotatable bonds is 5. The first-order valence-corrected chi connectivity index (χ1v) is 7.67. The van der Waals surface area contributed by atoms with E-state index in [2.05, 4.69) is 0 Å². The summed E-state index contributed by atoms with van der Waals surface area (Å²) in [5, 5.41) is 0. The highest BCUT2D eigenvalue weighted by Crippen LogP contribution is 2.38. The van der Waals surface area contributed by atoms with E-state index < -0.39 is 11.9 Å². The van der Waals surface area contributed by atoms with Crippen molar-refractivity contribution in [3.63, 3.8) is 0 Å². The molecule has 2 unspecified atom stereocenters. The van der Waals surface area contributed by atoms with Crippen LogP contribution in [0, 0.1) is 12.8 Å². The van der Waals surface area contributed by atoms with Gasteiger partial charge in [0.05, 0.1) is 13.2 Å². The fraction of sp³-hybridized carbons (Fsp3) is 0.444. The number of benzene rings is 1. The highest BCUT2D eigenvalue weighted by atomic mass is 16.5. The minimum absolute atomic E-state index is 0.235. The maximum absolute atomic E-state index is 12.4. The number of carbonyl (C=O) groups excluding carboxylic acids is 2. The molecule has 118 valence electrons. The smallest absolute Gasteiger partial charge is 0.317 e. The molecule has 0 fully saturated rings. The lowest BCUT2D eigenvalue weighted by Gasteiger charge is -2.29. The van der Waals surface area contributed by atoms with E-state index in [0.717, 1.165) is 11.1 Å². The Morgan fingerprint density at radius 1 is 1.23 bits per heavy atom. The lowest BCUT2D eigenvalue weighted by Crippen LogP contribution is -2.34. The van der Waals surface area contributed by atoms with Crippen LogP contribution in [0.1, 0.15) is 37.3 Å². The molecule has 1 aliphatic carbocycles. The summed E-state index contributed by atoms with van der Waals surface area (Å²) in [6.45, 7) is 6.39. The van der Waals surface area contributed by atoms with Crippen molar-refractivity contribution >= 4 is 11.8 Å². The number of allylic oxidation sites excluding steroid dienone is 2. The molecule has 1 aromatic rings. The van der Waals surface area contributed by atoms with Gasteiger partial charge in [-0.3, -0.25) is 9.59 Å². The van der Waals surface area contributed by atoms with Crippen LogP contribution < -0.4 is 0 Å². The maximum Gasteiger partial charge on any atom is 0.317 e. The largest absolute Gasteiger partial charge is 0.498 e. The van der Waals surface area contributed by atoms with Crippen molar-refractivity contribution in [2.45, 2.75) is 33.1 Å². The van der Waals surface area contributed by atoms with Gasteiger partial charge in [0, 0.05) is 18.4 Å². The van der Waals surface area contributed by atoms with Gasteiger partial charge in [-0.2, -0.15) is 0 Å². The minimum Gasteiger partial charge on any atom is -0.498 e. The average molecular weight is 302 g/mol. The SMILES string of the molecule is CCOC(=O)C1C(=O)C=C(OCC)CC1c1ccccc1C. The first-order chi connectivity index (χ1) is 10.6. The van der Waals surface area contributed by atoms with Gasteiger partial charge in [0.15, 0.2) is 5.78 Å². The molecular formula is C18H22O4. The maximum atomic E-state index is 12.4. The third kappa shape index (κ3) is 3.38. The van der Waals surface area contributed by atoms with E-state index in [1.54, 1.807) is 6.92 Å². The molecule has 4 heteroatoms. The third-order valence-electron chi connectivity index (χ3n) is 3.89. The molecule has 2 atom stereocenters. The predicted molar refractivity (Wildman–Crippen MR) is 83.4 cm³/mol. The standard InChI is InChI=1S/C18H22O4/c1-4-21-13-10-15(14-9-7-6-8-12(14)3)17(16(19)11-13)18(20)22-5-2/h6-9,11,15,17H,4-5,10H2,1-3H3. The summed E-state index contributed by atoms with van der Waals surface area (Å²) < 4.78 is 10.6. The lowest BCUT2D eigenvalue weighted by atomic mass is 9.76. The van der Waals surface area contributed by atoms with Gasteiger partial charge in [0.2, 0.25) is 0 Å². The second-order valence-electron chi connectivity index (χ2n) is 5.34. The van der Waals surface area contributed by atoms with E-state index in [-0.39, 0.29) is 18.3 Å². The van der Waals surface area contributed by atoms with Crippen LogP contribution in [0.5, 0.6) is 0 Å². The predicted octanol–water partition coefficient (Wildman–Crippen LogP) is 3.15. The Kier molecular flexibility index (Phi) is 5.36. The summed E-state index contributed by atoms with van der Waals surface area (Å²) in [6, 6.07) is 7.82. The fourth-order valence-electron chi connectivity index (χ4n) is 2.93. The van der Waals surface area contributed by atoms with Crippen LogP contribution in [0.4, 0.5) is 0 Å². The Labute approximate surface area is 131 Å². The van der Waals surface area contributed by atoms with E-state index in [1.807, 2.05) is 38.1 Å². The molecular weight excluding hydrogens is 280 g/mol. The van der Waals surface area contributed by atoms with Crippen LogP contribution in [0.3, 0.4) is 0 Å². The summed E-state index contributed by atoms with van der Waals surface area (Å²) in [7, 11) is 0. The van der Waals surface area contributed by atoms with Crippen molar-refractivity contribution in [2.24, 2.45) is 5.92 Å². The molecule has 0 heterocycles. The quantitative estimate of drug-likeness (QED) is 0.619. The van der Waals surface area contributed by atoms with Crippen LogP contribution >= 0.6 is 0 Å². The Morgan fingerprint density at radius 3 is 2.59 bits per heavy atom. The molecule has 0 N–H and O–H groups in total. The summed E-state index contributed by atoms with van der Waals surface area (Å²) in [4.78, 5) is 24.7. The van der Waals surface area contributed by atoms with Gasteiger partial charge in [-0.1, -0.05) is 24.3 Å². The summed E-state index contributed by atoms with van der Waals surface area (Å²) in [5.41, 5.74) is 2.06. The highest BCUT2D eigenvalue weighted by molar-refractivity contribution is 6.06.